The molecule has 5 atom stereocenters. The van der Waals surface area contributed by atoms with Crippen molar-refractivity contribution in [2.45, 2.75) is 25.4 Å². The molecular formula is C13H16O2. The van der Waals surface area contributed by atoms with E-state index in [1.54, 1.807) is 0 Å². The van der Waals surface area contributed by atoms with E-state index < -0.39 is 0 Å². The molecule has 0 heterocycles. The van der Waals surface area contributed by atoms with Gasteiger partial charge in [0.15, 0.2) is 0 Å². The molecule has 0 N–H and O–H groups in total. The number of carbonyl (C=O) groups excluding carboxylic acids is 1. The van der Waals surface area contributed by atoms with Gasteiger partial charge in [0.25, 0.3) is 0 Å². The first kappa shape index (κ1) is 9.20. The zero-order chi connectivity index (χ0) is 10.4. The predicted molar refractivity (Wildman–Crippen MR) is 57.0 cm³/mol. The average Bonchev–Trinajstić information content (AvgIpc) is 2.87. The van der Waals surface area contributed by atoms with E-state index in [1.165, 1.54) is 18.9 Å². The van der Waals surface area contributed by atoms with Crippen LogP contribution in [0.2, 0.25) is 0 Å². The molecule has 3 rings (SSSR count). The fourth-order valence-corrected chi connectivity index (χ4v) is 3.83. The normalized spacial score (nSPS) is 45.5. The van der Waals surface area contributed by atoms with Crippen molar-refractivity contribution in [2.24, 2.45) is 23.7 Å². The number of hydrogen-bond donors (Lipinski definition) is 0. The molecule has 80 valence electrons. The van der Waals surface area contributed by atoms with Crippen molar-refractivity contribution in [1.82, 2.24) is 0 Å². The summed E-state index contributed by atoms with van der Waals surface area (Å²) in [5.41, 5.74) is 0. The van der Waals surface area contributed by atoms with Gasteiger partial charge in [0.2, 0.25) is 0 Å². The average molecular weight is 204 g/mol. The van der Waals surface area contributed by atoms with Crippen LogP contribution in [-0.4, -0.2) is 12.1 Å². The number of esters is 1. The van der Waals surface area contributed by atoms with Crippen LogP contribution in [0, 0.1) is 23.7 Å². The Morgan fingerprint density at radius 1 is 1.40 bits per heavy atom. The maximum absolute atomic E-state index is 11.2. The van der Waals surface area contributed by atoms with E-state index in [4.69, 9.17) is 4.74 Å². The second-order valence-corrected chi connectivity index (χ2v) is 4.98. The van der Waals surface area contributed by atoms with E-state index in [1.807, 2.05) is 0 Å². The van der Waals surface area contributed by atoms with E-state index in [0.29, 0.717) is 5.92 Å². The topological polar surface area (TPSA) is 26.3 Å². The minimum absolute atomic E-state index is 0.168. The molecule has 0 amide bonds. The highest BCUT2D eigenvalue weighted by Gasteiger charge is 2.53. The number of allylic oxidation sites excluding steroid dienone is 2. The molecule has 15 heavy (non-hydrogen) atoms. The molecule has 0 saturated heterocycles. The van der Waals surface area contributed by atoms with E-state index in [2.05, 4.69) is 18.7 Å². The zero-order valence-electron chi connectivity index (χ0n) is 8.76. The van der Waals surface area contributed by atoms with E-state index >= 15 is 0 Å². The van der Waals surface area contributed by atoms with Crippen LogP contribution in [0.4, 0.5) is 0 Å². The van der Waals surface area contributed by atoms with Crippen LogP contribution in [0.25, 0.3) is 0 Å². The predicted octanol–water partition coefficient (Wildman–Crippen LogP) is 2.32. The van der Waals surface area contributed by atoms with Gasteiger partial charge in [-0.1, -0.05) is 18.7 Å². The largest absolute Gasteiger partial charge is 0.459 e. The van der Waals surface area contributed by atoms with Crippen molar-refractivity contribution in [2.75, 3.05) is 0 Å². The Labute approximate surface area is 90.0 Å². The minimum Gasteiger partial charge on any atom is -0.459 e. The summed E-state index contributed by atoms with van der Waals surface area (Å²) in [6, 6.07) is 0. The van der Waals surface area contributed by atoms with Crippen molar-refractivity contribution in [1.29, 1.82) is 0 Å². The Balaban J connectivity index is 1.71. The number of fused-ring (bicyclic) bond motifs is 5. The highest BCUT2D eigenvalue weighted by molar-refractivity contribution is 5.81. The summed E-state index contributed by atoms with van der Waals surface area (Å²) in [4.78, 5) is 11.2. The number of rotatable bonds is 2. The molecular weight excluding hydrogens is 188 g/mol. The Kier molecular flexibility index (Phi) is 1.98. The van der Waals surface area contributed by atoms with Gasteiger partial charge in [-0.2, -0.15) is 0 Å². The minimum atomic E-state index is -0.255. The highest BCUT2D eigenvalue weighted by Crippen LogP contribution is 2.57. The molecule has 3 aliphatic rings. The second kappa shape index (κ2) is 3.22. The monoisotopic (exact) mass is 204 g/mol. The quantitative estimate of drug-likeness (QED) is 0.392. The van der Waals surface area contributed by atoms with Crippen LogP contribution < -0.4 is 0 Å². The van der Waals surface area contributed by atoms with Gasteiger partial charge in [0.05, 0.1) is 0 Å². The summed E-state index contributed by atoms with van der Waals surface area (Å²) < 4.78 is 5.42. The maximum atomic E-state index is 11.2. The SMILES string of the molecule is C=CC(=O)OC1CC2CC1C1CC=CC21. The Morgan fingerprint density at radius 3 is 3.07 bits per heavy atom. The molecule has 0 aliphatic heterocycles. The maximum Gasteiger partial charge on any atom is 0.330 e. The molecule has 2 saturated carbocycles. The third-order valence-corrected chi connectivity index (χ3v) is 4.38. The van der Waals surface area contributed by atoms with Gasteiger partial charge >= 0.3 is 5.97 Å². The molecule has 5 unspecified atom stereocenters. The first-order chi connectivity index (χ1) is 7.29. The van der Waals surface area contributed by atoms with Crippen molar-refractivity contribution < 1.29 is 9.53 Å². The summed E-state index contributed by atoms with van der Waals surface area (Å²) in [6.45, 7) is 3.44. The van der Waals surface area contributed by atoms with E-state index in [0.717, 1.165) is 24.2 Å². The Hall–Kier alpha value is -1.05. The van der Waals surface area contributed by atoms with Gasteiger partial charge in [-0.15, -0.1) is 0 Å². The lowest BCUT2D eigenvalue weighted by Crippen LogP contribution is -2.31. The molecule has 2 fully saturated rings. The number of carbonyl (C=O) groups is 1. The lowest BCUT2D eigenvalue weighted by atomic mass is 9.80. The smallest absolute Gasteiger partial charge is 0.330 e. The molecule has 0 aromatic carbocycles. The Bertz CT molecular complexity index is 331. The van der Waals surface area contributed by atoms with Crippen LogP contribution in [-0.2, 0) is 9.53 Å². The molecule has 0 aromatic heterocycles. The van der Waals surface area contributed by atoms with Crippen molar-refractivity contribution >= 4 is 5.97 Å². The van der Waals surface area contributed by atoms with Gasteiger partial charge in [-0.25, -0.2) is 4.79 Å². The first-order valence-corrected chi connectivity index (χ1v) is 5.79. The molecule has 2 heteroatoms. The van der Waals surface area contributed by atoms with Crippen molar-refractivity contribution in [3.63, 3.8) is 0 Å². The summed E-state index contributed by atoms with van der Waals surface area (Å²) in [7, 11) is 0. The van der Waals surface area contributed by atoms with E-state index in [9.17, 15) is 4.79 Å². The van der Waals surface area contributed by atoms with Crippen molar-refractivity contribution in [3.8, 4) is 0 Å². The third-order valence-electron chi connectivity index (χ3n) is 4.38. The zero-order valence-corrected chi connectivity index (χ0v) is 8.76. The highest BCUT2D eigenvalue weighted by atomic mass is 16.5. The molecule has 0 radical (unpaired) electrons. The summed E-state index contributed by atoms with van der Waals surface area (Å²) >= 11 is 0. The number of ether oxygens (including phenoxy) is 1. The van der Waals surface area contributed by atoms with Gasteiger partial charge in [0, 0.05) is 6.08 Å². The van der Waals surface area contributed by atoms with Gasteiger partial charge in [-0.05, 0) is 42.9 Å². The van der Waals surface area contributed by atoms with Crippen LogP contribution in [0.3, 0.4) is 0 Å². The molecule has 2 nitrogen and oxygen atoms in total. The Morgan fingerprint density at radius 2 is 2.27 bits per heavy atom. The summed E-state index contributed by atoms with van der Waals surface area (Å²) in [5, 5.41) is 0. The van der Waals surface area contributed by atoms with Crippen molar-refractivity contribution in [3.05, 3.63) is 24.8 Å². The standard InChI is InChI=1S/C13H16O2/c1-2-13(14)15-12-7-8-6-11(12)10-5-3-4-9(8)10/h2-4,8-12H,1,5-7H2. The van der Waals surface area contributed by atoms with Gasteiger partial charge in [-0.3, -0.25) is 0 Å². The summed E-state index contributed by atoms with van der Waals surface area (Å²) in [5.74, 6) is 2.66. The number of hydrogen-bond acceptors (Lipinski definition) is 2. The van der Waals surface area contributed by atoms with Gasteiger partial charge < -0.3 is 4.74 Å². The molecule has 3 aliphatic carbocycles. The van der Waals surface area contributed by atoms with Crippen LogP contribution in [0.15, 0.2) is 24.8 Å². The van der Waals surface area contributed by atoms with Gasteiger partial charge in [0.1, 0.15) is 6.10 Å². The molecule has 0 aromatic rings. The van der Waals surface area contributed by atoms with E-state index in [-0.39, 0.29) is 12.1 Å². The molecule has 2 bridgehead atoms. The van der Waals surface area contributed by atoms with Crippen LogP contribution in [0.5, 0.6) is 0 Å². The first-order valence-electron chi connectivity index (χ1n) is 5.79. The lowest BCUT2D eigenvalue weighted by Gasteiger charge is -2.30. The lowest BCUT2D eigenvalue weighted by molar-refractivity contribution is -0.146. The molecule has 0 spiro atoms. The second-order valence-electron chi connectivity index (χ2n) is 4.98. The fourth-order valence-electron chi connectivity index (χ4n) is 3.83. The van der Waals surface area contributed by atoms with Crippen LogP contribution in [0.1, 0.15) is 19.3 Å². The summed E-state index contributed by atoms with van der Waals surface area (Å²) in [6.07, 6.45) is 9.63. The van der Waals surface area contributed by atoms with Crippen LogP contribution >= 0.6 is 0 Å². The third kappa shape index (κ3) is 1.27. The fraction of sp³-hybridized carbons (Fsp3) is 0.615.